The van der Waals surface area contributed by atoms with Gasteiger partial charge in [-0.25, -0.2) is 0 Å². The third-order valence-corrected chi connectivity index (χ3v) is 3.27. The van der Waals surface area contributed by atoms with E-state index >= 15 is 0 Å². The van der Waals surface area contributed by atoms with Crippen LogP contribution in [0.5, 0.6) is 0 Å². The van der Waals surface area contributed by atoms with E-state index in [1.54, 1.807) is 12.4 Å². The lowest BCUT2D eigenvalue weighted by molar-refractivity contribution is 0.0656. The van der Waals surface area contributed by atoms with Gasteiger partial charge in [0.25, 0.3) is 0 Å². The molecule has 0 aliphatic carbocycles. The largest absolute Gasteiger partial charge is 0.419 e. The summed E-state index contributed by atoms with van der Waals surface area (Å²) in [6.07, 6.45) is 4.73. The van der Waals surface area contributed by atoms with E-state index in [-0.39, 0.29) is 6.10 Å². The average Bonchev–Trinajstić information content (AvgIpc) is 2.83. The summed E-state index contributed by atoms with van der Waals surface area (Å²) in [6.45, 7) is 5.47. The van der Waals surface area contributed by atoms with Crippen LogP contribution in [0.3, 0.4) is 0 Å². The van der Waals surface area contributed by atoms with E-state index in [4.69, 9.17) is 9.15 Å². The number of hydrogen-bond acceptors (Lipinski definition) is 6. The maximum Gasteiger partial charge on any atom is 0.249 e. The molecule has 1 unspecified atom stereocenters. The second-order valence-corrected chi connectivity index (χ2v) is 5.01. The minimum atomic E-state index is 0.248. The fourth-order valence-corrected chi connectivity index (χ4v) is 2.34. The van der Waals surface area contributed by atoms with Crippen LogP contribution in [0.15, 0.2) is 28.9 Å². The van der Waals surface area contributed by atoms with Gasteiger partial charge in [0.2, 0.25) is 11.8 Å². The Labute approximate surface area is 117 Å². The summed E-state index contributed by atoms with van der Waals surface area (Å²) in [5.74, 6) is 1.16. The minimum absolute atomic E-state index is 0.248. The Kier molecular flexibility index (Phi) is 4.03. The summed E-state index contributed by atoms with van der Waals surface area (Å²) in [4.78, 5) is 6.34. The highest BCUT2D eigenvalue weighted by molar-refractivity contribution is 5.49. The van der Waals surface area contributed by atoms with Crippen LogP contribution in [0.25, 0.3) is 11.5 Å². The molecule has 3 rings (SSSR count). The Morgan fingerprint density at radius 2 is 2.35 bits per heavy atom. The molecule has 2 aromatic rings. The number of aromatic nitrogens is 3. The molecule has 1 aliphatic rings. The molecule has 0 aromatic carbocycles. The van der Waals surface area contributed by atoms with Gasteiger partial charge < -0.3 is 9.15 Å². The van der Waals surface area contributed by atoms with Crippen molar-refractivity contribution in [2.24, 2.45) is 0 Å². The number of pyridine rings is 1. The van der Waals surface area contributed by atoms with Crippen molar-refractivity contribution in [3.05, 3.63) is 30.4 Å². The highest BCUT2D eigenvalue weighted by Crippen LogP contribution is 2.17. The lowest BCUT2D eigenvalue weighted by Gasteiger charge is -2.19. The molecule has 0 spiro atoms. The predicted molar refractivity (Wildman–Crippen MR) is 72.8 cm³/mol. The van der Waals surface area contributed by atoms with Gasteiger partial charge in [0, 0.05) is 32.1 Å². The van der Waals surface area contributed by atoms with Crippen LogP contribution in [0.1, 0.15) is 19.2 Å². The third kappa shape index (κ3) is 3.20. The maximum absolute atomic E-state index is 5.70. The van der Waals surface area contributed by atoms with Crippen LogP contribution in [0, 0.1) is 0 Å². The van der Waals surface area contributed by atoms with Crippen molar-refractivity contribution in [1.29, 1.82) is 0 Å². The van der Waals surface area contributed by atoms with Gasteiger partial charge in [-0.05, 0) is 25.5 Å². The van der Waals surface area contributed by atoms with Crippen LogP contribution in [0.2, 0.25) is 0 Å². The molecule has 1 saturated heterocycles. The first-order chi connectivity index (χ1) is 9.81. The summed E-state index contributed by atoms with van der Waals surface area (Å²) in [5, 5.41) is 8.20. The molecule has 0 amide bonds. The molecule has 0 saturated carbocycles. The topological polar surface area (TPSA) is 64.3 Å². The molecule has 3 heterocycles. The number of ether oxygens (including phenoxy) is 1. The first kappa shape index (κ1) is 13.2. The summed E-state index contributed by atoms with van der Waals surface area (Å²) in [5.41, 5.74) is 0.846. The summed E-state index contributed by atoms with van der Waals surface area (Å²) in [7, 11) is 0. The van der Waals surface area contributed by atoms with E-state index in [0.29, 0.717) is 18.3 Å². The van der Waals surface area contributed by atoms with Gasteiger partial charge in [-0.15, -0.1) is 10.2 Å². The van der Waals surface area contributed by atoms with Gasteiger partial charge in [-0.2, -0.15) is 0 Å². The van der Waals surface area contributed by atoms with E-state index in [1.165, 1.54) is 0 Å². The third-order valence-electron chi connectivity index (χ3n) is 3.27. The predicted octanol–water partition coefficient (Wildman–Crippen LogP) is 1.74. The van der Waals surface area contributed by atoms with Crippen LogP contribution < -0.4 is 0 Å². The summed E-state index contributed by atoms with van der Waals surface area (Å²) >= 11 is 0. The average molecular weight is 274 g/mol. The van der Waals surface area contributed by atoms with E-state index in [2.05, 4.69) is 27.0 Å². The van der Waals surface area contributed by atoms with Gasteiger partial charge in [-0.1, -0.05) is 0 Å². The quantitative estimate of drug-likeness (QED) is 0.849. The molecule has 2 aromatic heterocycles. The molecule has 1 aliphatic heterocycles. The highest BCUT2D eigenvalue weighted by Gasteiger charge is 2.18. The molecule has 106 valence electrons. The molecule has 1 atom stereocenters. The molecule has 0 bridgehead atoms. The monoisotopic (exact) mass is 274 g/mol. The first-order valence-corrected chi connectivity index (χ1v) is 6.88. The molecule has 0 radical (unpaired) electrons. The maximum atomic E-state index is 5.70. The lowest BCUT2D eigenvalue weighted by Crippen LogP contribution is -2.29. The van der Waals surface area contributed by atoms with Crippen LogP contribution >= 0.6 is 0 Å². The molecule has 6 nitrogen and oxygen atoms in total. The summed E-state index contributed by atoms with van der Waals surface area (Å²) in [6, 6.07) is 3.76. The molecular weight excluding hydrogens is 256 g/mol. The highest BCUT2D eigenvalue weighted by atomic mass is 16.5. The molecule has 0 N–H and O–H groups in total. The molecule has 20 heavy (non-hydrogen) atoms. The van der Waals surface area contributed by atoms with Crippen LogP contribution in [0.4, 0.5) is 0 Å². The van der Waals surface area contributed by atoms with E-state index < -0.39 is 0 Å². The van der Waals surface area contributed by atoms with Crippen LogP contribution in [-0.4, -0.2) is 45.9 Å². The molecular formula is C14H18N4O2. The zero-order valence-corrected chi connectivity index (χ0v) is 11.5. The fraction of sp³-hybridized carbons (Fsp3) is 0.500. The fourth-order valence-electron chi connectivity index (χ4n) is 2.34. The van der Waals surface area contributed by atoms with E-state index in [1.807, 2.05) is 12.1 Å². The van der Waals surface area contributed by atoms with Crippen molar-refractivity contribution in [1.82, 2.24) is 20.1 Å². The van der Waals surface area contributed by atoms with Gasteiger partial charge in [0.15, 0.2) is 0 Å². The van der Waals surface area contributed by atoms with Crippen LogP contribution in [-0.2, 0) is 11.3 Å². The Morgan fingerprint density at radius 3 is 3.20 bits per heavy atom. The second-order valence-electron chi connectivity index (χ2n) is 5.01. The zero-order valence-electron chi connectivity index (χ0n) is 11.5. The number of rotatable bonds is 3. The molecule has 6 heteroatoms. The summed E-state index contributed by atoms with van der Waals surface area (Å²) < 4.78 is 11.3. The van der Waals surface area contributed by atoms with Gasteiger partial charge in [-0.3, -0.25) is 9.88 Å². The van der Waals surface area contributed by atoms with Crippen molar-refractivity contribution >= 4 is 0 Å². The van der Waals surface area contributed by atoms with Crippen molar-refractivity contribution < 1.29 is 9.15 Å². The van der Waals surface area contributed by atoms with Crippen molar-refractivity contribution in [2.45, 2.75) is 26.0 Å². The van der Waals surface area contributed by atoms with Crippen molar-refractivity contribution in [3.8, 4) is 11.5 Å². The van der Waals surface area contributed by atoms with Gasteiger partial charge >= 0.3 is 0 Å². The normalized spacial score (nSPS) is 20.8. The second kappa shape index (κ2) is 6.11. The first-order valence-electron chi connectivity index (χ1n) is 6.88. The van der Waals surface area contributed by atoms with E-state index in [0.717, 1.165) is 31.7 Å². The Hall–Kier alpha value is -1.79. The smallest absolute Gasteiger partial charge is 0.249 e. The number of hydrogen-bond donors (Lipinski definition) is 0. The minimum Gasteiger partial charge on any atom is -0.419 e. The van der Waals surface area contributed by atoms with Gasteiger partial charge in [0.1, 0.15) is 0 Å². The van der Waals surface area contributed by atoms with Crippen molar-refractivity contribution in [3.63, 3.8) is 0 Å². The Morgan fingerprint density at radius 1 is 1.40 bits per heavy atom. The Balaban J connectivity index is 1.68. The zero-order chi connectivity index (χ0) is 13.8. The SMILES string of the molecule is CC1CN(Cc2nnc(-c3cccnc3)o2)CCCO1. The Bertz CT molecular complexity index is 543. The van der Waals surface area contributed by atoms with E-state index in [9.17, 15) is 0 Å². The van der Waals surface area contributed by atoms with Crippen molar-refractivity contribution in [2.75, 3.05) is 19.7 Å². The number of nitrogens with zero attached hydrogens (tertiary/aromatic N) is 4. The molecule has 1 fully saturated rings. The standard InChI is InChI=1S/C14H18N4O2/c1-11-9-18(6-3-7-19-11)10-13-16-17-14(20-13)12-4-2-5-15-8-12/h2,4-5,8,11H,3,6-7,9-10H2,1H3. The lowest BCUT2D eigenvalue weighted by atomic mass is 10.3. The van der Waals surface area contributed by atoms with Gasteiger partial charge in [0.05, 0.1) is 18.2 Å².